The van der Waals surface area contributed by atoms with E-state index in [4.69, 9.17) is 9.47 Å². The van der Waals surface area contributed by atoms with Gasteiger partial charge < -0.3 is 14.5 Å². The molecule has 1 N–H and O–H groups in total. The molecule has 0 fully saturated rings. The summed E-state index contributed by atoms with van der Waals surface area (Å²) < 4.78 is 9.53. The predicted molar refractivity (Wildman–Crippen MR) is 81.0 cm³/mol. The summed E-state index contributed by atoms with van der Waals surface area (Å²) in [6.45, 7) is 1.78. The number of nitrogens with zero attached hydrogens (tertiary/aromatic N) is 1. The molecule has 0 atom stereocenters. The van der Waals surface area contributed by atoms with E-state index < -0.39 is 11.9 Å². The quantitative estimate of drug-likeness (QED) is 0.735. The molecule has 3 rings (SSSR count). The minimum absolute atomic E-state index is 0.0692. The molecule has 112 valence electrons. The van der Waals surface area contributed by atoms with Crippen molar-refractivity contribution in [2.45, 2.75) is 6.92 Å². The van der Waals surface area contributed by atoms with Crippen LogP contribution in [0.4, 0.5) is 0 Å². The number of benzene rings is 1. The molecule has 0 aliphatic rings. The minimum Gasteiger partial charge on any atom is -0.464 e. The Balaban J connectivity index is 2.50. The fourth-order valence-corrected chi connectivity index (χ4v) is 2.62. The first-order valence-electron chi connectivity index (χ1n) is 6.66. The standard InChI is InChI=1S/C16H14N2O4/c1-8-11-9-6-4-5-7-10(9)17-13(11)14(16(20)22-3)18-12(8)15(19)21-2/h4-7,17H,1-3H3. The Labute approximate surface area is 126 Å². The van der Waals surface area contributed by atoms with E-state index >= 15 is 0 Å². The fourth-order valence-electron chi connectivity index (χ4n) is 2.62. The average Bonchev–Trinajstić information content (AvgIpc) is 2.93. The summed E-state index contributed by atoms with van der Waals surface area (Å²) >= 11 is 0. The van der Waals surface area contributed by atoms with Crippen LogP contribution in [0.25, 0.3) is 21.8 Å². The van der Waals surface area contributed by atoms with Gasteiger partial charge in [-0.3, -0.25) is 0 Å². The number of hydrogen-bond acceptors (Lipinski definition) is 5. The van der Waals surface area contributed by atoms with Crippen molar-refractivity contribution in [2.24, 2.45) is 0 Å². The van der Waals surface area contributed by atoms with Gasteiger partial charge >= 0.3 is 11.9 Å². The molecule has 6 nitrogen and oxygen atoms in total. The highest BCUT2D eigenvalue weighted by Gasteiger charge is 2.24. The summed E-state index contributed by atoms with van der Waals surface area (Å²) in [4.78, 5) is 31.3. The number of aromatic nitrogens is 2. The molecule has 0 saturated carbocycles. The summed E-state index contributed by atoms with van der Waals surface area (Å²) in [6.07, 6.45) is 0. The number of carbonyl (C=O) groups is 2. The smallest absolute Gasteiger partial charge is 0.358 e. The zero-order chi connectivity index (χ0) is 15.9. The number of methoxy groups -OCH3 is 2. The van der Waals surface area contributed by atoms with E-state index in [-0.39, 0.29) is 11.4 Å². The van der Waals surface area contributed by atoms with Crippen LogP contribution in [0.1, 0.15) is 26.5 Å². The minimum atomic E-state index is -0.610. The fraction of sp³-hybridized carbons (Fsp3) is 0.188. The van der Waals surface area contributed by atoms with Crippen molar-refractivity contribution in [2.75, 3.05) is 14.2 Å². The van der Waals surface area contributed by atoms with E-state index in [0.717, 1.165) is 16.3 Å². The van der Waals surface area contributed by atoms with Gasteiger partial charge in [0, 0.05) is 16.3 Å². The van der Waals surface area contributed by atoms with Crippen molar-refractivity contribution in [3.05, 3.63) is 41.2 Å². The molecule has 3 aromatic rings. The van der Waals surface area contributed by atoms with Crippen LogP contribution in [0.5, 0.6) is 0 Å². The summed E-state index contributed by atoms with van der Waals surface area (Å²) in [5.74, 6) is -1.20. The van der Waals surface area contributed by atoms with Crippen molar-refractivity contribution in [3.8, 4) is 0 Å². The Morgan fingerprint density at radius 2 is 1.68 bits per heavy atom. The van der Waals surface area contributed by atoms with E-state index in [1.54, 1.807) is 6.92 Å². The van der Waals surface area contributed by atoms with Gasteiger partial charge in [0.2, 0.25) is 0 Å². The second kappa shape index (κ2) is 5.14. The lowest BCUT2D eigenvalue weighted by Gasteiger charge is -2.08. The van der Waals surface area contributed by atoms with Crippen LogP contribution >= 0.6 is 0 Å². The van der Waals surface area contributed by atoms with Crippen molar-refractivity contribution < 1.29 is 19.1 Å². The zero-order valence-corrected chi connectivity index (χ0v) is 12.4. The summed E-state index contributed by atoms with van der Waals surface area (Å²) in [7, 11) is 2.55. The number of aromatic amines is 1. The molecule has 0 unspecified atom stereocenters. The van der Waals surface area contributed by atoms with Crippen LogP contribution in [-0.2, 0) is 9.47 Å². The SMILES string of the molecule is COC(=O)c1nc(C(=O)OC)c2[nH]c3ccccc3c2c1C. The Hall–Kier alpha value is -2.89. The van der Waals surface area contributed by atoms with Crippen LogP contribution in [0.3, 0.4) is 0 Å². The third kappa shape index (κ3) is 1.92. The van der Waals surface area contributed by atoms with Gasteiger partial charge in [-0.15, -0.1) is 0 Å². The van der Waals surface area contributed by atoms with Gasteiger partial charge in [-0.05, 0) is 18.6 Å². The highest BCUT2D eigenvalue weighted by Crippen LogP contribution is 2.31. The van der Waals surface area contributed by atoms with Gasteiger partial charge in [-0.25, -0.2) is 14.6 Å². The molecule has 0 aliphatic heterocycles. The lowest BCUT2D eigenvalue weighted by Crippen LogP contribution is -2.13. The third-order valence-corrected chi connectivity index (χ3v) is 3.65. The predicted octanol–water partition coefficient (Wildman–Crippen LogP) is 2.60. The molecule has 2 aromatic heterocycles. The van der Waals surface area contributed by atoms with Crippen LogP contribution in [0, 0.1) is 6.92 Å². The maximum Gasteiger partial charge on any atom is 0.358 e. The molecule has 0 spiro atoms. The van der Waals surface area contributed by atoms with E-state index in [1.165, 1.54) is 14.2 Å². The van der Waals surface area contributed by atoms with Crippen LogP contribution in [0.2, 0.25) is 0 Å². The number of ether oxygens (including phenoxy) is 2. The zero-order valence-electron chi connectivity index (χ0n) is 12.4. The number of carbonyl (C=O) groups excluding carboxylic acids is 2. The highest BCUT2D eigenvalue weighted by atomic mass is 16.5. The number of H-pyrrole nitrogens is 1. The lowest BCUT2D eigenvalue weighted by atomic mass is 10.0. The molecule has 0 saturated heterocycles. The maximum absolute atomic E-state index is 12.0. The molecule has 0 bridgehead atoms. The van der Waals surface area contributed by atoms with Crippen LogP contribution in [0.15, 0.2) is 24.3 Å². The average molecular weight is 298 g/mol. The first kappa shape index (κ1) is 14.1. The van der Waals surface area contributed by atoms with Crippen molar-refractivity contribution in [1.82, 2.24) is 9.97 Å². The number of pyridine rings is 1. The second-order valence-corrected chi connectivity index (χ2v) is 4.84. The van der Waals surface area contributed by atoms with Gasteiger partial charge in [0.05, 0.1) is 19.7 Å². The number of para-hydroxylation sites is 1. The van der Waals surface area contributed by atoms with Gasteiger partial charge in [0.15, 0.2) is 11.4 Å². The van der Waals surface area contributed by atoms with E-state index in [2.05, 4.69) is 9.97 Å². The summed E-state index contributed by atoms with van der Waals surface area (Å²) in [6, 6.07) is 7.60. The molecular weight excluding hydrogens is 284 g/mol. The van der Waals surface area contributed by atoms with Gasteiger partial charge in [0.1, 0.15) is 0 Å². The van der Waals surface area contributed by atoms with Crippen molar-refractivity contribution in [1.29, 1.82) is 0 Å². The van der Waals surface area contributed by atoms with Crippen LogP contribution < -0.4 is 0 Å². The number of esters is 2. The lowest BCUT2D eigenvalue weighted by molar-refractivity contribution is 0.0587. The van der Waals surface area contributed by atoms with Crippen molar-refractivity contribution >= 4 is 33.7 Å². The first-order valence-corrected chi connectivity index (χ1v) is 6.66. The first-order chi connectivity index (χ1) is 10.6. The Morgan fingerprint density at radius 3 is 2.36 bits per heavy atom. The maximum atomic E-state index is 12.0. The number of rotatable bonds is 2. The second-order valence-electron chi connectivity index (χ2n) is 4.84. The molecule has 6 heteroatoms. The van der Waals surface area contributed by atoms with E-state index in [0.29, 0.717) is 11.1 Å². The Morgan fingerprint density at radius 1 is 1.05 bits per heavy atom. The molecule has 1 aromatic carbocycles. The molecule has 0 amide bonds. The van der Waals surface area contributed by atoms with Crippen molar-refractivity contribution in [3.63, 3.8) is 0 Å². The van der Waals surface area contributed by atoms with Gasteiger partial charge in [-0.2, -0.15) is 0 Å². The van der Waals surface area contributed by atoms with Crippen LogP contribution in [-0.4, -0.2) is 36.1 Å². The summed E-state index contributed by atoms with van der Waals surface area (Å²) in [5, 5.41) is 1.68. The highest BCUT2D eigenvalue weighted by molar-refractivity contribution is 6.16. The normalized spacial score (nSPS) is 10.9. The third-order valence-electron chi connectivity index (χ3n) is 3.65. The summed E-state index contributed by atoms with van der Waals surface area (Å²) in [5.41, 5.74) is 2.25. The van der Waals surface area contributed by atoms with Gasteiger partial charge in [-0.1, -0.05) is 18.2 Å². The Bertz CT molecular complexity index is 911. The van der Waals surface area contributed by atoms with E-state index in [1.807, 2.05) is 24.3 Å². The van der Waals surface area contributed by atoms with Gasteiger partial charge in [0.25, 0.3) is 0 Å². The number of fused-ring (bicyclic) bond motifs is 3. The number of hydrogen-bond donors (Lipinski definition) is 1. The molecule has 0 radical (unpaired) electrons. The molecule has 22 heavy (non-hydrogen) atoms. The number of aryl methyl sites for hydroxylation is 1. The Kier molecular flexibility index (Phi) is 3.29. The molecular formula is C16H14N2O4. The van der Waals surface area contributed by atoms with E-state index in [9.17, 15) is 9.59 Å². The molecule has 0 aliphatic carbocycles. The molecule has 2 heterocycles. The topological polar surface area (TPSA) is 81.3 Å². The number of nitrogens with one attached hydrogen (secondary N) is 1. The largest absolute Gasteiger partial charge is 0.464 e. The monoisotopic (exact) mass is 298 g/mol.